The second-order valence-electron chi connectivity index (χ2n) is 13.2. The Morgan fingerprint density at radius 3 is 2.11 bits per heavy atom. The van der Waals surface area contributed by atoms with Crippen LogP contribution in [0.5, 0.6) is 0 Å². The molecule has 1 amide bonds. The van der Waals surface area contributed by atoms with Crippen molar-refractivity contribution in [1.29, 1.82) is 0 Å². The van der Waals surface area contributed by atoms with Crippen LogP contribution in [-0.4, -0.2) is 83.1 Å². The van der Waals surface area contributed by atoms with Gasteiger partial charge in [0.1, 0.15) is 26.2 Å². The zero-order valence-corrected chi connectivity index (χ0v) is 24.2. The maximum atomic E-state index is 12.8. The number of rotatable bonds is 16. The molecule has 1 saturated heterocycles. The van der Waals surface area contributed by atoms with Gasteiger partial charge in [0.05, 0.1) is 13.2 Å². The number of amides is 1. The fraction of sp³-hybridized carbons (Fsp3) is 0.926. The Hall–Kier alpha value is -1.16. The largest absolute Gasteiger partial charge is 0.481 e. The van der Waals surface area contributed by atoms with Crippen LogP contribution in [0.25, 0.3) is 0 Å². The van der Waals surface area contributed by atoms with Crippen LogP contribution >= 0.6 is 0 Å². The van der Waals surface area contributed by atoms with Gasteiger partial charge in [0.25, 0.3) is 0 Å². The van der Waals surface area contributed by atoms with E-state index in [4.69, 9.17) is 31.9 Å². The predicted octanol–water partition coefficient (Wildman–Crippen LogP) is 3.79. The molecule has 0 aliphatic carbocycles. The number of carbonyl (C=O) groups is 2. The molecule has 0 bridgehead atoms. The number of carboxylic acid groups (broad SMARTS) is 1. The molecule has 9 heteroatoms. The van der Waals surface area contributed by atoms with Gasteiger partial charge in [-0.15, -0.1) is 0 Å². The topological polar surface area (TPSA) is 103 Å². The molecule has 1 aliphatic heterocycles. The molecule has 208 valence electrons. The molecule has 1 rings (SSSR count). The molecule has 2 N–H and O–H groups in total. The van der Waals surface area contributed by atoms with Gasteiger partial charge in [-0.25, -0.2) is 0 Å². The molecule has 0 saturated carbocycles. The first-order chi connectivity index (χ1) is 16.4. The first-order valence-electron chi connectivity index (χ1n) is 12.9. The second kappa shape index (κ2) is 13.1. The Bertz CT molecular complexity index is 723. The van der Waals surface area contributed by atoms with Gasteiger partial charge < -0.3 is 29.4 Å². The summed E-state index contributed by atoms with van der Waals surface area (Å²) in [4.78, 5) is 23.9. The summed E-state index contributed by atoms with van der Waals surface area (Å²) in [6.07, 6.45) is 0.813. The van der Waals surface area contributed by atoms with E-state index < -0.39 is 12.0 Å². The van der Waals surface area contributed by atoms with Crippen LogP contribution in [0.2, 0.25) is 0 Å². The van der Waals surface area contributed by atoms with Crippen LogP contribution in [0.4, 0.5) is 0 Å². The highest BCUT2D eigenvalue weighted by atomic mass is 16.6. The summed E-state index contributed by atoms with van der Waals surface area (Å²) in [5, 5.41) is 12.2. The van der Waals surface area contributed by atoms with Crippen LogP contribution in [0, 0.1) is 21.7 Å². The first kappa shape index (κ1) is 32.9. The number of hydrogen-bond donors (Lipinski definition) is 2. The van der Waals surface area contributed by atoms with Gasteiger partial charge in [0.15, 0.2) is 0 Å². The summed E-state index contributed by atoms with van der Waals surface area (Å²) in [5.74, 6) is -0.835. The molecule has 0 spiro atoms. The number of carboxylic acids is 1. The average molecular weight is 512 g/mol. The van der Waals surface area contributed by atoms with Crippen molar-refractivity contribution >= 4 is 19.7 Å². The minimum absolute atomic E-state index is 0.0215. The Morgan fingerprint density at radius 2 is 1.58 bits per heavy atom. The van der Waals surface area contributed by atoms with Crippen LogP contribution in [0.3, 0.4) is 0 Å². The maximum Gasteiger partial charge on any atom is 0.303 e. The lowest BCUT2D eigenvalue weighted by atomic mass is 9.64. The smallest absolute Gasteiger partial charge is 0.303 e. The summed E-state index contributed by atoms with van der Waals surface area (Å²) in [6, 6.07) is -0.582. The first-order valence-corrected chi connectivity index (χ1v) is 12.9. The van der Waals surface area contributed by atoms with Crippen LogP contribution in [0.1, 0.15) is 81.1 Å². The van der Waals surface area contributed by atoms with Crippen molar-refractivity contribution in [3.8, 4) is 0 Å². The van der Waals surface area contributed by atoms with Crippen molar-refractivity contribution in [2.24, 2.45) is 21.7 Å². The van der Waals surface area contributed by atoms with Crippen molar-refractivity contribution in [1.82, 2.24) is 5.32 Å². The maximum absolute atomic E-state index is 12.8. The highest BCUT2D eigenvalue weighted by molar-refractivity contribution is 6.11. The lowest BCUT2D eigenvalue weighted by Gasteiger charge is -2.42. The SMILES string of the molecule is [B]C1OC(COC)C(OC)C1OCC(C)(C)CC(C)(C)CNC(=O)CC(C)(C)C(C)(C)CCC(=O)O. The molecule has 4 unspecified atom stereocenters. The molecule has 1 aliphatic rings. The monoisotopic (exact) mass is 511 g/mol. The molecule has 1 fully saturated rings. The number of ether oxygens (including phenoxy) is 4. The molecule has 8 nitrogen and oxygen atoms in total. The van der Waals surface area contributed by atoms with Gasteiger partial charge in [-0.2, -0.15) is 0 Å². The highest BCUT2D eigenvalue weighted by Gasteiger charge is 2.44. The van der Waals surface area contributed by atoms with Crippen molar-refractivity contribution in [2.75, 3.05) is 34.0 Å². The van der Waals surface area contributed by atoms with Gasteiger partial charge >= 0.3 is 5.97 Å². The Morgan fingerprint density at radius 1 is 0.972 bits per heavy atom. The zero-order chi connectivity index (χ0) is 27.9. The Balaban J connectivity index is 2.63. The standard InChI is InChI=1S/C27H50BNO7/c1-24(2,16-29-19(30)13-27(7,8)26(5,6)12-11-20(31)32)15-25(3,4)17-35-22-21(34-10)18(14-33-9)36-23(22)28/h18,21-23H,11-17H2,1-10H3,(H,29,30)(H,31,32). The predicted molar refractivity (Wildman–Crippen MR) is 141 cm³/mol. The van der Waals surface area contributed by atoms with E-state index in [0.29, 0.717) is 32.6 Å². The lowest BCUT2D eigenvalue weighted by Crippen LogP contribution is -2.43. The van der Waals surface area contributed by atoms with Gasteiger partial charge in [-0.1, -0.05) is 55.4 Å². The summed E-state index contributed by atoms with van der Waals surface area (Å²) in [7, 11) is 9.39. The third-order valence-corrected chi connectivity index (χ3v) is 7.74. The molecule has 0 aromatic carbocycles. The molecule has 4 atom stereocenters. The molecule has 0 aromatic rings. The second-order valence-corrected chi connectivity index (χ2v) is 13.2. The van der Waals surface area contributed by atoms with Crippen molar-refractivity contribution in [3.05, 3.63) is 0 Å². The number of nitrogens with one attached hydrogen (secondary N) is 1. The van der Waals surface area contributed by atoms with Crippen molar-refractivity contribution in [2.45, 2.75) is 105 Å². The van der Waals surface area contributed by atoms with Crippen molar-refractivity contribution in [3.63, 3.8) is 0 Å². The number of aliphatic carboxylic acids is 1. The van der Waals surface area contributed by atoms with Crippen molar-refractivity contribution < 1.29 is 33.6 Å². The number of methoxy groups -OCH3 is 2. The fourth-order valence-electron chi connectivity index (χ4n) is 5.06. The van der Waals surface area contributed by atoms with E-state index in [0.717, 1.165) is 6.42 Å². The molecule has 0 aromatic heterocycles. The molecule has 2 radical (unpaired) electrons. The lowest BCUT2D eigenvalue weighted by molar-refractivity contribution is -0.138. The number of carbonyl (C=O) groups excluding carboxylic acids is 1. The summed E-state index contributed by atoms with van der Waals surface area (Å²) >= 11 is 0. The van der Waals surface area contributed by atoms with E-state index in [1.54, 1.807) is 14.2 Å². The Kier molecular flexibility index (Phi) is 11.9. The molecule has 36 heavy (non-hydrogen) atoms. The van der Waals surface area contributed by atoms with Gasteiger partial charge in [-0.05, 0) is 34.5 Å². The van der Waals surface area contributed by atoms with Gasteiger partial charge in [0.2, 0.25) is 5.91 Å². The quantitative estimate of drug-likeness (QED) is 0.304. The minimum Gasteiger partial charge on any atom is -0.481 e. The van der Waals surface area contributed by atoms with E-state index in [-0.39, 0.29) is 52.3 Å². The summed E-state index contributed by atoms with van der Waals surface area (Å²) in [5.41, 5.74) is -0.974. The highest BCUT2D eigenvalue weighted by Crippen LogP contribution is 2.44. The zero-order valence-electron chi connectivity index (χ0n) is 24.2. The van der Waals surface area contributed by atoms with Gasteiger partial charge in [-0.3, -0.25) is 9.59 Å². The van der Waals surface area contributed by atoms with E-state index >= 15 is 0 Å². The third kappa shape index (κ3) is 9.95. The molecular weight excluding hydrogens is 461 g/mol. The fourth-order valence-corrected chi connectivity index (χ4v) is 5.06. The van der Waals surface area contributed by atoms with Crippen LogP contribution in [-0.2, 0) is 28.5 Å². The molecular formula is C27H50BNO7. The minimum atomic E-state index is -0.813. The van der Waals surface area contributed by atoms with E-state index in [9.17, 15) is 9.59 Å². The number of hydrogen-bond acceptors (Lipinski definition) is 6. The third-order valence-electron chi connectivity index (χ3n) is 7.74. The van der Waals surface area contributed by atoms with Crippen LogP contribution in [0.15, 0.2) is 0 Å². The average Bonchev–Trinajstić information content (AvgIpc) is 3.02. The van der Waals surface area contributed by atoms with Crippen LogP contribution < -0.4 is 5.32 Å². The Labute approximate surface area is 219 Å². The van der Waals surface area contributed by atoms with E-state index in [2.05, 4.69) is 33.0 Å². The normalized spacial score (nSPS) is 23.6. The van der Waals surface area contributed by atoms with E-state index in [1.807, 2.05) is 27.7 Å². The van der Waals surface area contributed by atoms with E-state index in [1.165, 1.54) is 0 Å². The summed E-state index contributed by atoms with van der Waals surface area (Å²) < 4.78 is 22.8. The van der Waals surface area contributed by atoms with Gasteiger partial charge in [0, 0.05) is 39.6 Å². The molecule has 1 heterocycles. The summed E-state index contributed by atoms with van der Waals surface area (Å²) in [6.45, 7) is 18.0.